The van der Waals surface area contributed by atoms with E-state index < -0.39 is 0 Å². The van der Waals surface area contributed by atoms with Crippen LogP contribution in [0.15, 0.2) is 29.4 Å². The molecular formula is C11H12ClN3O. The number of hydrogen-bond donors (Lipinski definition) is 0. The Morgan fingerprint density at radius 1 is 1.31 bits per heavy atom. The monoisotopic (exact) mass is 237 g/mol. The van der Waals surface area contributed by atoms with E-state index in [0.29, 0.717) is 11.6 Å². The minimum absolute atomic E-state index is 0.129. The zero-order chi connectivity index (χ0) is 11.5. The number of halogens is 1. The highest BCUT2D eigenvalue weighted by molar-refractivity contribution is 6.30. The van der Waals surface area contributed by atoms with Gasteiger partial charge in [-0.15, -0.1) is 0 Å². The summed E-state index contributed by atoms with van der Waals surface area (Å²) in [5.41, 5.74) is 0.722. The van der Waals surface area contributed by atoms with Crippen molar-refractivity contribution < 1.29 is 4.79 Å². The van der Waals surface area contributed by atoms with Gasteiger partial charge in [-0.2, -0.15) is 10.1 Å². The fourth-order valence-electron chi connectivity index (χ4n) is 1.46. The summed E-state index contributed by atoms with van der Waals surface area (Å²) in [6, 6.07) is 6.90. The van der Waals surface area contributed by atoms with Gasteiger partial charge in [0.2, 0.25) is 0 Å². The average molecular weight is 238 g/mol. The molecule has 84 valence electrons. The number of anilines is 1. The molecule has 0 fully saturated rings. The van der Waals surface area contributed by atoms with Gasteiger partial charge in [-0.05, 0) is 24.3 Å². The molecule has 0 aromatic heterocycles. The molecule has 0 radical (unpaired) electrons. The molecule has 2 rings (SSSR count). The molecule has 0 spiro atoms. The summed E-state index contributed by atoms with van der Waals surface area (Å²) < 4.78 is 0. The van der Waals surface area contributed by atoms with Crippen molar-refractivity contribution in [2.24, 2.45) is 5.10 Å². The van der Waals surface area contributed by atoms with Gasteiger partial charge >= 0.3 is 6.03 Å². The summed E-state index contributed by atoms with van der Waals surface area (Å²) >= 11 is 5.80. The maximum absolute atomic E-state index is 11.9. The molecule has 16 heavy (non-hydrogen) atoms. The van der Waals surface area contributed by atoms with Gasteiger partial charge in [-0.1, -0.05) is 11.6 Å². The largest absolute Gasteiger partial charge is 0.344 e. The van der Waals surface area contributed by atoms with Crippen LogP contribution < -0.4 is 5.01 Å². The number of carbonyl (C=O) groups is 1. The molecule has 0 saturated carbocycles. The van der Waals surface area contributed by atoms with Crippen LogP contribution in [0.2, 0.25) is 5.02 Å². The Bertz CT molecular complexity index is 416. The molecule has 0 bridgehead atoms. The van der Waals surface area contributed by atoms with E-state index in [1.165, 1.54) is 5.01 Å². The first-order valence-electron chi connectivity index (χ1n) is 5.02. The summed E-state index contributed by atoms with van der Waals surface area (Å²) in [6.07, 6.45) is 2.52. The lowest BCUT2D eigenvalue weighted by Gasteiger charge is -2.21. The second kappa shape index (κ2) is 4.53. The van der Waals surface area contributed by atoms with Gasteiger partial charge in [-0.3, -0.25) is 0 Å². The quantitative estimate of drug-likeness (QED) is 0.740. The Labute approximate surface area is 99.1 Å². The van der Waals surface area contributed by atoms with Crippen molar-refractivity contribution in [3.05, 3.63) is 29.3 Å². The minimum atomic E-state index is -0.129. The smallest absolute Gasteiger partial charge is 0.326 e. The molecule has 0 saturated heterocycles. The van der Waals surface area contributed by atoms with E-state index in [0.717, 1.165) is 12.1 Å². The lowest BCUT2D eigenvalue weighted by molar-refractivity contribution is 0.218. The third kappa shape index (κ3) is 2.17. The van der Waals surface area contributed by atoms with E-state index in [4.69, 9.17) is 11.6 Å². The van der Waals surface area contributed by atoms with Crippen molar-refractivity contribution >= 4 is 29.5 Å². The molecule has 0 aliphatic carbocycles. The van der Waals surface area contributed by atoms with Crippen LogP contribution in [0.3, 0.4) is 0 Å². The molecule has 0 N–H and O–H groups in total. The number of amides is 2. The van der Waals surface area contributed by atoms with Crippen LogP contribution in [0.4, 0.5) is 10.5 Å². The van der Waals surface area contributed by atoms with Crippen LogP contribution in [0.1, 0.15) is 6.42 Å². The Hall–Kier alpha value is -1.55. The average Bonchev–Trinajstić information content (AvgIpc) is 2.44. The van der Waals surface area contributed by atoms with Crippen LogP contribution in [0.5, 0.6) is 0 Å². The van der Waals surface area contributed by atoms with E-state index in [1.807, 2.05) is 0 Å². The molecule has 4 nitrogen and oxygen atoms in total. The molecular weight excluding hydrogens is 226 g/mol. The molecule has 1 aliphatic rings. The van der Waals surface area contributed by atoms with Gasteiger partial charge in [0.15, 0.2) is 0 Å². The normalized spacial score (nSPS) is 16.5. The van der Waals surface area contributed by atoms with Crippen LogP contribution in [0.25, 0.3) is 0 Å². The second-order valence-corrected chi connectivity index (χ2v) is 4.02. The molecule has 1 aromatic rings. The highest BCUT2D eigenvalue weighted by Gasteiger charge is 2.20. The first-order valence-corrected chi connectivity index (χ1v) is 5.39. The third-order valence-corrected chi connectivity index (χ3v) is 2.62. The van der Waals surface area contributed by atoms with Crippen molar-refractivity contribution in [1.29, 1.82) is 0 Å². The summed E-state index contributed by atoms with van der Waals surface area (Å²) in [5, 5.41) is 6.15. The SMILES string of the molecule is CN1CCC=NN(c2ccc(Cl)cc2)C1=O. The summed E-state index contributed by atoms with van der Waals surface area (Å²) in [4.78, 5) is 13.6. The van der Waals surface area contributed by atoms with Gasteiger partial charge in [0.25, 0.3) is 0 Å². The number of rotatable bonds is 1. The van der Waals surface area contributed by atoms with Crippen LogP contribution in [0, 0.1) is 0 Å². The maximum Gasteiger partial charge on any atom is 0.344 e. The van der Waals surface area contributed by atoms with Gasteiger partial charge in [0.05, 0.1) is 5.69 Å². The maximum atomic E-state index is 11.9. The van der Waals surface area contributed by atoms with Crippen molar-refractivity contribution in [2.45, 2.75) is 6.42 Å². The lowest BCUT2D eigenvalue weighted by atomic mass is 10.3. The minimum Gasteiger partial charge on any atom is -0.326 e. The van der Waals surface area contributed by atoms with Crippen LogP contribution in [-0.4, -0.2) is 30.7 Å². The van der Waals surface area contributed by atoms with E-state index in [1.54, 1.807) is 42.4 Å². The predicted molar refractivity (Wildman–Crippen MR) is 65.1 cm³/mol. The van der Waals surface area contributed by atoms with Crippen molar-refractivity contribution in [3.63, 3.8) is 0 Å². The second-order valence-electron chi connectivity index (χ2n) is 3.58. The lowest BCUT2D eigenvalue weighted by Crippen LogP contribution is -2.36. The zero-order valence-corrected chi connectivity index (χ0v) is 9.68. The van der Waals surface area contributed by atoms with Crippen LogP contribution in [-0.2, 0) is 0 Å². The van der Waals surface area contributed by atoms with Crippen molar-refractivity contribution in [3.8, 4) is 0 Å². The number of nitrogens with zero attached hydrogens (tertiary/aromatic N) is 3. The number of urea groups is 1. The van der Waals surface area contributed by atoms with Crippen LogP contribution >= 0.6 is 11.6 Å². The molecule has 2 amide bonds. The van der Waals surface area contributed by atoms with Gasteiger partial charge in [0, 0.05) is 31.3 Å². The summed E-state index contributed by atoms with van der Waals surface area (Å²) in [5.74, 6) is 0. The fraction of sp³-hybridized carbons (Fsp3) is 0.273. The molecule has 5 heteroatoms. The zero-order valence-electron chi connectivity index (χ0n) is 8.93. The van der Waals surface area contributed by atoms with Gasteiger partial charge < -0.3 is 4.90 Å². The molecule has 1 aliphatic heterocycles. The summed E-state index contributed by atoms with van der Waals surface area (Å²) in [6.45, 7) is 0.687. The Kier molecular flexibility index (Phi) is 3.10. The van der Waals surface area contributed by atoms with E-state index in [9.17, 15) is 4.79 Å². The highest BCUT2D eigenvalue weighted by atomic mass is 35.5. The number of hydrogen-bond acceptors (Lipinski definition) is 2. The van der Waals surface area contributed by atoms with Crippen molar-refractivity contribution in [2.75, 3.05) is 18.6 Å². The standard InChI is InChI=1S/C11H12ClN3O/c1-14-8-2-7-13-15(11(14)16)10-5-3-9(12)4-6-10/h3-7H,2,8H2,1H3. The van der Waals surface area contributed by atoms with E-state index in [2.05, 4.69) is 5.10 Å². The Morgan fingerprint density at radius 2 is 2.00 bits per heavy atom. The van der Waals surface area contributed by atoms with Gasteiger partial charge in [0.1, 0.15) is 0 Å². The predicted octanol–water partition coefficient (Wildman–Crippen LogP) is 2.59. The number of carbonyl (C=O) groups excluding carboxylic acids is 1. The first-order chi connectivity index (χ1) is 7.68. The molecule has 1 heterocycles. The first kappa shape index (κ1) is 11.0. The topological polar surface area (TPSA) is 35.9 Å². The van der Waals surface area contributed by atoms with Crippen molar-refractivity contribution in [1.82, 2.24) is 4.90 Å². The Balaban J connectivity index is 2.30. The third-order valence-electron chi connectivity index (χ3n) is 2.37. The van der Waals surface area contributed by atoms with E-state index >= 15 is 0 Å². The number of benzene rings is 1. The highest BCUT2D eigenvalue weighted by Crippen LogP contribution is 2.20. The molecule has 1 aromatic carbocycles. The summed E-state index contributed by atoms with van der Waals surface area (Å²) in [7, 11) is 1.76. The van der Waals surface area contributed by atoms with Gasteiger partial charge in [-0.25, -0.2) is 4.79 Å². The Morgan fingerprint density at radius 3 is 2.69 bits per heavy atom. The van der Waals surface area contributed by atoms with E-state index in [-0.39, 0.29) is 6.03 Å². The fourth-order valence-corrected chi connectivity index (χ4v) is 1.58. The molecule has 0 unspecified atom stereocenters. The molecule has 0 atom stereocenters. The number of hydrazone groups is 1.